The number of hydrogen-bond donors (Lipinski definition) is 0. The van der Waals surface area contributed by atoms with E-state index in [0.717, 1.165) is 6.54 Å². The number of halogens is 1. The molecule has 3 aromatic rings. The fraction of sp³-hybridized carbons (Fsp3) is 0.0588. The average molecular weight is 359 g/mol. The molecule has 0 aliphatic rings. The van der Waals surface area contributed by atoms with Gasteiger partial charge < -0.3 is 4.57 Å². The van der Waals surface area contributed by atoms with Crippen LogP contribution < -0.4 is 0 Å². The lowest BCUT2D eigenvalue weighted by Gasteiger charge is -2.04. The Balaban J connectivity index is 1.90. The molecule has 0 saturated carbocycles. The molecule has 0 saturated heterocycles. The van der Waals surface area contributed by atoms with Crippen molar-refractivity contribution in [3.05, 3.63) is 82.2 Å². The predicted octanol–water partition coefficient (Wildman–Crippen LogP) is 4.81. The largest absolute Gasteiger partial charge is 0.338 e. The van der Waals surface area contributed by atoms with Gasteiger partial charge in [0.05, 0.1) is 3.70 Å². The van der Waals surface area contributed by atoms with Crippen LogP contribution in [0.1, 0.15) is 5.56 Å². The molecule has 0 atom stereocenters. The zero-order chi connectivity index (χ0) is 13.1. The van der Waals surface area contributed by atoms with E-state index in [0.29, 0.717) is 0 Å². The van der Waals surface area contributed by atoms with Gasteiger partial charge in [-0.1, -0.05) is 60.7 Å². The van der Waals surface area contributed by atoms with Crippen molar-refractivity contribution in [2.45, 2.75) is 6.54 Å². The highest BCUT2D eigenvalue weighted by molar-refractivity contribution is 14.1. The van der Waals surface area contributed by atoms with E-state index in [4.69, 9.17) is 0 Å². The first kappa shape index (κ1) is 12.5. The predicted molar refractivity (Wildman–Crippen MR) is 88.1 cm³/mol. The Morgan fingerprint density at radius 2 is 1.42 bits per heavy atom. The summed E-state index contributed by atoms with van der Waals surface area (Å²) in [6.07, 6.45) is 2.23. The van der Waals surface area contributed by atoms with E-state index in [1.54, 1.807) is 0 Å². The van der Waals surface area contributed by atoms with Gasteiger partial charge in [0.1, 0.15) is 0 Å². The van der Waals surface area contributed by atoms with Crippen LogP contribution in [-0.4, -0.2) is 4.57 Å². The molecule has 1 heterocycles. The molecule has 0 spiro atoms. The molecular formula is C17H14IN. The normalized spacial score (nSPS) is 10.6. The highest BCUT2D eigenvalue weighted by Gasteiger charge is 2.05. The van der Waals surface area contributed by atoms with Crippen LogP contribution in [0.2, 0.25) is 0 Å². The highest BCUT2D eigenvalue weighted by Crippen LogP contribution is 2.23. The summed E-state index contributed by atoms with van der Waals surface area (Å²) < 4.78 is 3.55. The summed E-state index contributed by atoms with van der Waals surface area (Å²) >= 11 is 2.40. The van der Waals surface area contributed by atoms with Crippen molar-refractivity contribution in [2.24, 2.45) is 0 Å². The Kier molecular flexibility index (Phi) is 3.69. The minimum Gasteiger partial charge on any atom is -0.338 e. The number of aromatic nitrogens is 1. The number of nitrogens with zero attached hydrogens (tertiary/aromatic N) is 1. The Morgan fingerprint density at radius 1 is 0.789 bits per heavy atom. The summed E-state index contributed by atoms with van der Waals surface area (Å²) in [4.78, 5) is 0. The van der Waals surface area contributed by atoms with Crippen molar-refractivity contribution in [3.63, 3.8) is 0 Å². The van der Waals surface area contributed by atoms with E-state index < -0.39 is 0 Å². The van der Waals surface area contributed by atoms with E-state index in [9.17, 15) is 0 Å². The van der Waals surface area contributed by atoms with Crippen LogP contribution in [0.25, 0.3) is 11.1 Å². The van der Waals surface area contributed by atoms with Crippen molar-refractivity contribution in [3.8, 4) is 11.1 Å². The molecule has 1 aromatic heterocycles. The zero-order valence-corrected chi connectivity index (χ0v) is 12.6. The van der Waals surface area contributed by atoms with Crippen molar-refractivity contribution in [1.82, 2.24) is 4.57 Å². The molecule has 0 fully saturated rings. The van der Waals surface area contributed by atoms with Crippen LogP contribution in [-0.2, 0) is 6.54 Å². The van der Waals surface area contributed by atoms with Crippen LogP contribution in [0, 0.1) is 3.70 Å². The monoisotopic (exact) mass is 359 g/mol. The van der Waals surface area contributed by atoms with Crippen molar-refractivity contribution in [2.75, 3.05) is 0 Å². The lowest BCUT2D eigenvalue weighted by atomic mass is 10.1. The van der Waals surface area contributed by atoms with E-state index in [2.05, 4.69) is 100 Å². The number of rotatable bonds is 3. The molecule has 3 rings (SSSR count). The van der Waals surface area contributed by atoms with Gasteiger partial charge in [-0.3, -0.25) is 0 Å². The highest BCUT2D eigenvalue weighted by atomic mass is 127. The van der Waals surface area contributed by atoms with Gasteiger partial charge in [0.25, 0.3) is 0 Å². The lowest BCUT2D eigenvalue weighted by Crippen LogP contribution is -1.99. The molecule has 2 aromatic carbocycles. The van der Waals surface area contributed by atoms with Crippen molar-refractivity contribution in [1.29, 1.82) is 0 Å². The second kappa shape index (κ2) is 5.61. The summed E-state index contributed by atoms with van der Waals surface area (Å²) in [5.41, 5.74) is 3.88. The third-order valence-electron chi connectivity index (χ3n) is 3.15. The second-order valence-electron chi connectivity index (χ2n) is 4.53. The summed E-state index contributed by atoms with van der Waals surface area (Å²) in [6, 6.07) is 23.3. The maximum Gasteiger partial charge on any atom is 0.0807 e. The molecule has 0 aliphatic carbocycles. The minimum absolute atomic E-state index is 0.923. The summed E-state index contributed by atoms with van der Waals surface area (Å²) in [6.45, 7) is 0.923. The molecule has 0 radical (unpaired) electrons. The molecule has 0 amide bonds. The number of hydrogen-bond acceptors (Lipinski definition) is 0. The van der Waals surface area contributed by atoms with Gasteiger partial charge in [-0.15, -0.1) is 0 Å². The van der Waals surface area contributed by atoms with Crippen LogP contribution in [0.15, 0.2) is 72.9 Å². The SMILES string of the molecule is Ic1cc(-c2ccccc2)cn1Cc1ccccc1. The van der Waals surface area contributed by atoms with Gasteiger partial charge in [-0.05, 0) is 39.8 Å². The van der Waals surface area contributed by atoms with E-state index in [-0.39, 0.29) is 0 Å². The first-order chi connectivity index (χ1) is 9.33. The zero-order valence-electron chi connectivity index (χ0n) is 10.5. The van der Waals surface area contributed by atoms with Crippen molar-refractivity contribution >= 4 is 22.6 Å². The molecule has 0 bridgehead atoms. The van der Waals surface area contributed by atoms with Crippen LogP contribution in [0.3, 0.4) is 0 Å². The Hall–Kier alpha value is -1.55. The molecule has 0 aliphatic heterocycles. The average Bonchev–Trinajstić information content (AvgIpc) is 2.82. The maximum atomic E-state index is 2.40. The third-order valence-corrected chi connectivity index (χ3v) is 4.08. The van der Waals surface area contributed by atoms with Gasteiger partial charge in [0.15, 0.2) is 0 Å². The Morgan fingerprint density at radius 3 is 2.11 bits per heavy atom. The fourth-order valence-electron chi connectivity index (χ4n) is 2.17. The molecule has 0 unspecified atom stereocenters. The number of benzene rings is 2. The standard InChI is InChI=1S/C17H14IN/c18-17-11-16(15-9-5-2-6-10-15)13-19(17)12-14-7-3-1-4-8-14/h1-11,13H,12H2. The van der Waals surface area contributed by atoms with Crippen LogP contribution in [0.5, 0.6) is 0 Å². The molecule has 2 heteroatoms. The smallest absolute Gasteiger partial charge is 0.0807 e. The van der Waals surface area contributed by atoms with Crippen molar-refractivity contribution < 1.29 is 0 Å². The summed E-state index contributed by atoms with van der Waals surface area (Å²) in [5, 5.41) is 0. The Bertz CT molecular complexity index is 656. The van der Waals surface area contributed by atoms with Gasteiger partial charge in [-0.2, -0.15) is 0 Å². The first-order valence-electron chi connectivity index (χ1n) is 6.28. The third kappa shape index (κ3) is 2.89. The molecule has 19 heavy (non-hydrogen) atoms. The molecule has 1 nitrogen and oxygen atoms in total. The topological polar surface area (TPSA) is 4.93 Å². The van der Waals surface area contributed by atoms with E-state index in [1.807, 2.05) is 0 Å². The van der Waals surface area contributed by atoms with Gasteiger partial charge in [-0.25, -0.2) is 0 Å². The fourth-order valence-corrected chi connectivity index (χ4v) is 2.81. The van der Waals surface area contributed by atoms with Crippen LogP contribution >= 0.6 is 22.6 Å². The molecule has 0 N–H and O–H groups in total. The quantitative estimate of drug-likeness (QED) is 0.592. The van der Waals surface area contributed by atoms with Crippen LogP contribution in [0.4, 0.5) is 0 Å². The minimum atomic E-state index is 0.923. The maximum absolute atomic E-state index is 2.40. The molecular weight excluding hydrogens is 345 g/mol. The van der Waals surface area contributed by atoms with Gasteiger partial charge in [0.2, 0.25) is 0 Å². The first-order valence-corrected chi connectivity index (χ1v) is 7.36. The summed E-state index contributed by atoms with van der Waals surface area (Å²) in [7, 11) is 0. The van der Waals surface area contributed by atoms with E-state index >= 15 is 0 Å². The van der Waals surface area contributed by atoms with E-state index in [1.165, 1.54) is 20.4 Å². The second-order valence-corrected chi connectivity index (χ2v) is 5.64. The van der Waals surface area contributed by atoms with Gasteiger partial charge in [0, 0.05) is 18.3 Å². The molecule has 94 valence electrons. The lowest BCUT2D eigenvalue weighted by molar-refractivity contribution is 0.786. The summed E-state index contributed by atoms with van der Waals surface area (Å²) in [5.74, 6) is 0. The van der Waals surface area contributed by atoms with Gasteiger partial charge >= 0.3 is 0 Å². The Labute approximate surface area is 127 Å².